The number of carboxylic acid groups (broad SMARTS) is 1. The average Bonchev–Trinajstić information content (AvgIpc) is 3.20. The summed E-state index contributed by atoms with van der Waals surface area (Å²) in [5.41, 5.74) is 0.868. The summed E-state index contributed by atoms with van der Waals surface area (Å²) < 4.78 is 0. The van der Waals surface area contributed by atoms with Gasteiger partial charge in [0.1, 0.15) is 0 Å². The molecule has 0 aliphatic carbocycles. The fraction of sp³-hybridized carbons (Fsp3) is 0.625. The Morgan fingerprint density at radius 2 is 2.04 bits per heavy atom. The normalized spacial score (nSPS) is 17.0. The highest BCUT2D eigenvalue weighted by Crippen LogP contribution is 2.29. The molecule has 26 heavy (non-hydrogen) atoms. The van der Waals surface area contributed by atoms with E-state index in [2.05, 4.69) is 40.8 Å². The number of piperazine rings is 1. The van der Waals surface area contributed by atoms with Crippen molar-refractivity contribution in [3.8, 4) is 0 Å². The van der Waals surface area contributed by atoms with Crippen molar-refractivity contribution in [1.29, 1.82) is 0 Å². The molecule has 10 heteroatoms. The van der Waals surface area contributed by atoms with Crippen molar-refractivity contribution in [2.45, 2.75) is 32.1 Å². The predicted octanol–water partition coefficient (Wildman–Crippen LogP) is 0.227. The van der Waals surface area contributed by atoms with E-state index in [1.54, 1.807) is 12.4 Å². The number of aliphatic carboxylic acids is 1. The van der Waals surface area contributed by atoms with E-state index in [4.69, 9.17) is 0 Å². The molecule has 0 saturated carbocycles. The number of aromatic amines is 1. The summed E-state index contributed by atoms with van der Waals surface area (Å²) in [7, 11) is 0. The van der Waals surface area contributed by atoms with Gasteiger partial charge in [0.15, 0.2) is 5.82 Å². The fourth-order valence-corrected chi connectivity index (χ4v) is 3.30. The third-order valence-electron chi connectivity index (χ3n) is 4.66. The first-order valence-electron chi connectivity index (χ1n) is 8.92. The number of aromatic nitrogens is 6. The summed E-state index contributed by atoms with van der Waals surface area (Å²) in [6.07, 6.45) is 5.33. The van der Waals surface area contributed by atoms with Crippen LogP contribution in [-0.2, 0) is 11.2 Å². The Balaban J connectivity index is 1.77. The second-order valence-electron chi connectivity index (χ2n) is 6.46. The SMILES string of the molecule is CCCC(C(=O)O)[C@H](Cc1cnc(N2CCNCC2)nc1)c1nnn[nH]1. The van der Waals surface area contributed by atoms with E-state index in [0.717, 1.165) is 38.2 Å². The number of carbonyl (C=O) groups is 1. The molecule has 0 aromatic carbocycles. The largest absolute Gasteiger partial charge is 0.481 e. The Hall–Kier alpha value is -2.62. The maximum Gasteiger partial charge on any atom is 0.307 e. The van der Waals surface area contributed by atoms with Gasteiger partial charge in [0.2, 0.25) is 5.95 Å². The van der Waals surface area contributed by atoms with Gasteiger partial charge in [-0.25, -0.2) is 15.1 Å². The summed E-state index contributed by atoms with van der Waals surface area (Å²) in [5.74, 6) is -0.571. The second kappa shape index (κ2) is 8.65. The maximum absolute atomic E-state index is 11.8. The number of nitrogens with one attached hydrogen (secondary N) is 2. The van der Waals surface area contributed by atoms with Gasteiger partial charge in [-0.1, -0.05) is 13.3 Å². The quantitative estimate of drug-likeness (QED) is 0.605. The van der Waals surface area contributed by atoms with Gasteiger partial charge in [-0.05, 0) is 28.8 Å². The van der Waals surface area contributed by atoms with Crippen LogP contribution in [0.5, 0.6) is 0 Å². The van der Waals surface area contributed by atoms with Crippen molar-refractivity contribution >= 4 is 11.9 Å². The monoisotopic (exact) mass is 360 g/mol. The molecule has 2 atom stereocenters. The van der Waals surface area contributed by atoms with Crippen LogP contribution in [0.1, 0.15) is 37.1 Å². The van der Waals surface area contributed by atoms with Crippen LogP contribution in [-0.4, -0.2) is 67.8 Å². The highest BCUT2D eigenvalue weighted by Gasteiger charge is 2.31. The van der Waals surface area contributed by atoms with Crippen LogP contribution in [0.3, 0.4) is 0 Å². The van der Waals surface area contributed by atoms with Gasteiger partial charge in [-0.15, -0.1) is 5.10 Å². The molecule has 1 fully saturated rings. The fourth-order valence-electron chi connectivity index (χ4n) is 3.30. The summed E-state index contributed by atoms with van der Waals surface area (Å²) in [5, 5.41) is 26.8. The zero-order valence-corrected chi connectivity index (χ0v) is 14.8. The molecule has 0 radical (unpaired) electrons. The van der Waals surface area contributed by atoms with Gasteiger partial charge in [0.05, 0.1) is 5.92 Å². The molecule has 2 aromatic heterocycles. The molecule has 1 saturated heterocycles. The van der Waals surface area contributed by atoms with Crippen molar-refractivity contribution in [1.82, 2.24) is 35.9 Å². The number of H-pyrrole nitrogens is 1. The molecule has 3 rings (SSSR count). The van der Waals surface area contributed by atoms with Gasteiger partial charge < -0.3 is 15.3 Å². The minimum Gasteiger partial charge on any atom is -0.481 e. The average molecular weight is 360 g/mol. The molecule has 1 unspecified atom stereocenters. The van der Waals surface area contributed by atoms with E-state index < -0.39 is 11.9 Å². The number of tetrazole rings is 1. The van der Waals surface area contributed by atoms with Gasteiger partial charge in [-0.3, -0.25) is 4.79 Å². The van der Waals surface area contributed by atoms with Crippen molar-refractivity contribution in [2.24, 2.45) is 5.92 Å². The number of carboxylic acids is 1. The molecular formula is C16H24N8O2. The number of anilines is 1. The van der Waals surface area contributed by atoms with E-state index in [9.17, 15) is 9.90 Å². The lowest BCUT2D eigenvalue weighted by Crippen LogP contribution is -2.44. The first-order valence-corrected chi connectivity index (χ1v) is 8.92. The Bertz CT molecular complexity index is 685. The molecule has 2 aromatic rings. The van der Waals surface area contributed by atoms with Gasteiger partial charge >= 0.3 is 5.97 Å². The molecule has 10 nitrogen and oxygen atoms in total. The summed E-state index contributed by atoms with van der Waals surface area (Å²) in [6.45, 7) is 5.57. The van der Waals surface area contributed by atoms with E-state index in [0.29, 0.717) is 24.6 Å². The minimum atomic E-state index is -0.841. The molecule has 140 valence electrons. The first-order chi connectivity index (χ1) is 12.7. The van der Waals surface area contributed by atoms with Crippen molar-refractivity contribution in [3.05, 3.63) is 23.8 Å². The molecule has 0 bridgehead atoms. The molecule has 1 aliphatic rings. The van der Waals surface area contributed by atoms with Crippen LogP contribution < -0.4 is 10.2 Å². The molecule has 0 spiro atoms. The predicted molar refractivity (Wildman–Crippen MR) is 93.8 cm³/mol. The first kappa shape index (κ1) is 18.2. The van der Waals surface area contributed by atoms with Crippen LogP contribution in [0, 0.1) is 5.92 Å². The van der Waals surface area contributed by atoms with Gasteiger partial charge in [-0.2, -0.15) is 0 Å². The number of nitrogens with zero attached hydrogens (tertiary/aromatic N) is 6. The Labute approximate surface area is 151 Å². The molecule has 3 heterocycles. The van der Waals surface area contributed by atoms with Crippen LogP contribution in [0.25, 0.3) is 0 Å². The third kappa shape index (κ3) is 4.31. The zero-order chi connectivity index (χ0) is 18.4. The maximum atomic E-state index is 11.8. The molecule has 3 N–H and O–H groups in total. The highest BCUT2D eigenvalue weighted by molar-refractivity contribution is 5.71. The van der Waals surface area contributed by atoms with Gasteiger partial charge in [0.25, 0.3) is 0 Å². The topological polar surface area (TPSA) is 133 Å². The molecule has 0 amide bonds. The summed E-state index contributed by atoms with van der Waals surface area (Å²) in [4.78, 5) is 22.8. The van der Waals surface area contributed by atoms with Gasteiger partial charge in [0, 0.05) is 44.5 Å². The standard InChI is InChI=1S/C16H24N8O2/c1-2-3-12(15(25)26)13(14-20-22-23-21-14)8-11-9-18-16(19-10-11)24-6-4-17-5-7-24/h9-10,12-13,17H,2-8H2,1H3,(H,25,26)(H,20,21,22,23)/t12?,13-/m0/s1. The van der Waals surface area contributed by atoms with E-state index >= 15 is 0 Å². The van der Waals surface area contributed by atoms with E-state index in [1.165, 1.54) is 0 Å². The Morgan fingerprint density at radius 3 is 2.62 bits per heavy atom. The van der Waals surface area contributed by atoms with E-state index in [-0.39, 0.29) is 5.92 Å². The van der Waals surface area contributed by atoms with Crippen molar-refractivity contribution < 1.29 is 9.90 Å². The van der Waals surface area contributed by atoms with Crippen LogP contribution in [0.2, 0.25) is 0 Å². The third-order valence-corrected chi connectivity index (χ3v) is 4.66. The van der Waals surface area contributed by atoms with Crippen LogP contribution >= 0.6 is 0 Å². The molecular weight excluding hydrogens is 336 g/mol. The highest BCUT2D eigenvalue weighted by atomic mass is 16.4. The van der Waals surface area contributed by atoms with Crippen molar-refractivity contribution in [2.75, 3.05) is 31.1 Å². The minimum absolute atomic E-state index is 0.351. The summed E-state index contributed by atoms with van der Waals surface area (Å²) >= 11 is 0. The second-order valence-corrected chi connectivity index (χ2v) is 6.46. The lowest BCUT2D eigenvalue weighted by molar-refractivity contribution is -0.142. The van der Waals surface area contributed by atoms with Crippen LogP contribution in [0.15, 0.2) is 12.4 Å². The Kier molecular flexibility index (Phi) is 6.05. The van der Waals surface area contributed by atoms with Crippen LogP contribution in [0.4, 0.5) is 5.95 Å². The number of hydrogen-bond donors (Lipinski definition) is 3. The van der Waals surface area contributed by atoms with Crippen molar-refractivity contribution in [3.63, 3.8) is 0 Å². The zero-order valence-electron chi connectivity index (χ0n) is 14.8. The number of rotatable bonds is 8. The molecule has 1 aliphatic heterocycles. The summed E-state index contributed by atoms with van der Waals surface area (Å²) in [6, 6.07) is 0. The number of hydrogen-bond acceptors (Lipinski definition) is 8. The Morgan fingerprint density at radius 1 is 1.31 bits per heavy atom. The lowest BCUT2D eigenvalue weighted by atomic mass is 9.84. The smallest absolute Gasteiger partial charge is 0.307 e. The van der Waals surface area contributed by atoms with E-state index in [1.807, 2.05) is 6.92 Å². The lowest BCUT2D eigenvalue weighted by Gasteiger charge is -2.27.